The first-order valence-electron chi connectivity index (χ1n) is 17.4. The molecule has 0 nitrogen and oxygen atoms in total. The molecule has 0 spiro atoms. The molecule has 0 radical (unpaired) electrons. The monoisotopic (exact) mass is 630 g/mol. The van der Waals surface area contributed by atoms with Crippen LogP contribution in [0.25, 0.3) is 109 Å². The van der Waals surface area contributed by atoms with E-state index in [1.807, 2.05) is 0 Å². The summed E-state index contributed by atoms with van der Waals surface area (Å²) in [6.07, 6.45) is 0. The smallest absolute Gasteiger partial charge is 0.00137 e. The number of hydrogen-bond acceptors (Lipinski definition) is 0. The molecule has 10 aromatic carbocycles. The first kappa shape index (κ1) is 27.5. The van der Waals surface area contributed by atoms with Gasteiger partial charge in [-0.2, -0.15) is 0 Å². The van der Waals surface area contributed by atoms with E-state index in [1.165, 1.54) is 109 Å². The Hall–Kier alpha value is -6.50. The lowest BCUT2D eigenvalue weighted by Crippen LogP contribution is -1.86. The van der Waals surface area contributed by atoms with Gasteiger partial charge in [-0.3, -0.25) is 0 Å². The predicted molar refractivity (Wildman–Crippen MR) is 215 cm³/mol. The summed E-state index contributed by atoms with van der Waals surface area (Å²) >= 11 is 0. The maximum Gasteiger partial charge on any atom is -0.00137 e. The van der Waals surface area contributed by atoms with Gasteiger partial charge < -0.3 is 0 Å². The van der Waals surface area contributed by atoms with Crippen molar-refractivity contribution >= 4 is 53.9 Å². The molecule has 1 aliphatic carbocycles. The van der Waals surface area contributed by atoms with E-state index in [1.54, 1.807) is 0 Å². The van der Waals surface area contributed by atoms with Crippen LogP contribution in [0, 0.1) is 0 Å². The van der Waals surface area contributed by atoms with Crippen LogP contribution in [0.2, 0.25) is 0 Å². The molecule has 0 amide bonds. The SMILES string of the molecule is c1cc(-c2ccc3cc(-c4ccc5ccccc5c4)ccc3c2)cc(-c2ccc3c4c(cccc24)-c2c-3c3ccccc3c3ccccc23)c1. The van der Waals surface area contributed by atoms with Crippen molar-refractivity contribution in [2.75, 3.05) is 0 Å². The zero-order chi connectivity index (χ0) is 32.8. The Morgan fingerprint density at radius 1 is 0.220 bits per heavy atom. The Balaban J connectivity index is 1.01. The highest BCUT2D eigenvalue weighted by Crippen LogP contribution is 2.54. The minimum absolute atomic E-state index is 1.23. The minimum Gasteiger partial charge on any atom is -0.0616 e. The van der Waals surface area contributed by atoms with Gasteiger partial charge in [0, 0.05) is 0 Å². The first-order valence-corrected chi connectivity index (χ1v) is 17.4. The van der Waals surface area contributed by atoms with Crippen molar-refractivity contribution in [2.24, 2.45) is 0 Å². The summed E-state index contributed by atoms with van der Waals surface area (Å²) in [4.78, 5) is 0. The highest BCUT2D eigenvalue weighted by atomic mass is 14.3. The Morgan fingerprint density at radius 2 is 0.660 bits per heavy atom. The first-order chi connectivity index (χ1) is 24.8. The van der Waals surface area contributed by atoms with E-state index < -0.39 is 0 Å². The summed E-state index contributed by atoms with van der Waals surface area (Å²) in [7, 11) is 0. The Labute approximate surface area is 290 Å². The molecule has 0 fully saturated rings. The molecule has 0 heterocycles. The summed E-state index contributed by atoms with van der Waals surface area (Å²) in [6.45, 7) is 0. The zero-order valence-electron chi connectivity index (χ0n) is 27.3. The topological polar surface area (TPSA) is 0 Å². The number of benzene rings is 10. The molecule has 10 aromatic rings. The van der Waals surface area contributed by atoms with Crippen LogP contribution in [0.1, 0.15) is 0 Å². The molecule has 0 bridgehead atoms. The van der Waals surface area contributed by atoms with E-state index >= 15 is 0 Å². The Morgan fingerprint density at radius 3 is 1.32 bits per heavy atom. The fourth-order valence-electron chi connectivity index (χ4n) is 8.62. The van der Waals surface area contributed by atoms with Crippen LogP contribution in [0.5, 0.6) is 0 Å². The molecule has 0 aliphatic heterocycles. The van der Waals surface area contributed by atoms with Gasteiger partial charge in [-0.05, 0) is 134 Å². The molecular formula is C50H30. The third-order valence-corrected chi connectivity index (χ3v) is 10.9. The molecule has 0 unspecified atom stereocenters. The van der Waals surface area contributed by atoms with Crippen LogP contribution in [0.3, 0.4) is 0 Å². The van der Waals surface area contributed by atoms with Crippen LogP contribution >= 0.6 is 0 Å². The van der Waals surface area contributed by atoms with E-state index in [9.17, 15) is 0 Å². The van der Waals surface area contributed by atoms with Gasteiger partial charge in [-0.1, -0.05) is 158 Å². The van der Waals surface area contributed by atoms with Gasteiger partial charge in [0.2, 0.25) is 0 Å². The van der Waals surface area contributed by atoms with Crippen molar-refractivity contribution in [3.05, 3.63) is 182 Å². The predicted octanol–water partition coefficient (Wildman–Crippen LogP) is 14.1. The van der Waals surface area contributed by atoms with Crippen LogP contribution in [0.15, 0.2) is 182 Å². The van der Waals surface area contributed by atoms with Gasteiger partial charge in [0.15, 0.2) is 0 Å². The second kappa shape index (κ2) is 10.5. The van der Waals surface area contributed by atoms with E-state index in [-0.39, 0.29) is 0 Å². The van der Waals surface area contributed by atoms with E-state index in [0.717, 1.165) is 0 Å². The second-order valence-electron chi connectivity index (χ2n) is 13.6. The van der Waals surface area contributed by atoms with E-state index in [0.29, 0.717) is 0 Å². The molecular weight excluding hydrogens is 601 g/mol. The Kier molecular flexibility index (Phi) is 5.76. The Bertz CT molecular complexity index is 2960. The molecule has 0 N–H and O–H groups in total. The van der Waals surface area contributed by atoms with Crippen LogP contribution < -0.4 is 0 Å². The fraction of sp³-hybridized carbons (Fsp3) is 0. The van der Waals surface area contributed by atoms with Gasteiger partial charge in [0.1, 0.15) is 0 Å². The molecule has 50 heavy (non-hydrogen) atoms. The third kappa shape index (κ3) is 4.00. The van der Waals surface area contributed by atoms with Crippen molar-refractivity contribution in [1.82, 2.24) is 0 Å². The third-order valence-electron chi connectivity index (χ3n) is 10.9. The van der Waals surface area contributed by atoms with Crippen molar-refractivity contribution in [3.63, 3.8) is 0 Å². The normalized spacial score (nSPS) is 12.0. The molecule has 0 heteroatoms. The van der Waals surface area contributed by atoms with E-state index in [2.05, 4.69) is 182 Å². The summed E-state index contributed by atoms with van der Waals surface area (Å²) in [5, 5.41) is 13.0. The summed E-state index contributed by atoms with van der Waals surface area (Å²) < 4.78 is 0. The highest BCUT2D eigenvalue weighted by molar-refractivity contribution is 6.31. The summed E-state index contributed by atoms with van der Waals surface area (Å²) in [6, 6.07) is 67.5. The van der Waals surface area contributed by atoms with Crippen molar-refractivity contribution in [1.29, 1.82) is 0 Å². The molecule has 0 atom stereocenters. The average molecular weight is 631 g/mol. The van der Waals surface area contributed by atoms with E-state index in [4.69, 9.17) is 0 Å². The maximum absolute atomic E-state index is 2.37. The quantitative estimate of drug-likeness (QED) is 0.170. The standard InChI is InChI=1S/C50H30/c1-2-10-32-27-35(20-19-31(32)9-1)37-24-23-36-28-34(21-22-38(36)29-37)33-11-7-12-39(30-33)40-25-26-47-48-43(40)17-8-18-46(48)49-44-15-5-3-13-41(44)42-14-4-6-16-45(42)50(47)49/h1-30H. The van der Waals surface area contributed by atoms with Gasteiger partial charge in [-0.25, -0.2) is 0 Å². The van der Waals surface area contributed by atoms with Crippen LogP contribution in [-0.2, 0) is 0 Å². The molecule has 0 saturated carbocycles. The number of rotatable bonds is 3. The number of hydrogen-bond donors (Lipinski definition) is 0. The maximum atomic E-state index is 2.37. The molecule has 230 valence electrons. The van der Waals surface area contributed by atoms with Crippen molar-refractivity contribution in [3.8, 4) is 55.6 Å². The molecule has 0 saturated heterocycles. The second-order valence-corrected chi connectivity index (χ2v) is 13.6. The molecule has 1 aliphatic rings. The lowest BCUT2D eigenvalue weighted by atomic mass is 9.90. The molecule has 11 rings (SSSR count). The fourth-order valence-corrected chi connectivity index (χ4v) is 8.62. The summed E-state index contributed by atoms with van der Waals surface area (Å²) in [5.41, 5.74) is 12.9. The lowest BCUT2D eigenvalue weighted by Gasteiger charge is -2.13. The molecule has 0 aromatic heterocycles. The van der Waals surface area contributed by atoms with Gasteiger partial charge in [0.25, 0.3) is 0 Å². The minimum atomic E-state index is 1.23. The van der Waals surface area contributed by atoms with Gasteiger partial charge in [0.05, 0.1) is 0 Å². The van der Waals surface area contributed by atoms with Crippen molar-refractivity contribution < 1.29 is 0 Å². The van der Waals surface area contributed by atoms with Gasteiger partial charge >= 0.3 is 0 Å². The van der Waals surface area contributed by atoms with Crippen molar-refractivity contribution in [2.45, 2.75) is 0 Å². The zero-order valence-corrected chi connectivity index (χ0v) is 27.3. The summed E-state index contributed by atoms with van der Waals surface area (Å²) in [5.74, 6) is 0. The lowest BCUT2D eigenvalue weighted by molar-refractivity contribution is 1.62. The van der Waals surface area contributed by atoms with Crippen LogP contribution in [-0.4, -0.2) is 0 Å². The largest absolute Gasteiger partial charge is 0.0616 e. The average Bonchev–Trinajstić information content (AvgIpc) is 3.53. The van der Waals surface area contributed by atoms with Gasteiger partial charge in [-0.15, -0.1) is 0 Å². The highest BCUT2D eigenvalue weighted by Gasteiger charge is 2.27. The van der Waals surface area contributed by atoms with Crippen LogP contribution in [0.4, 0.5) is 0 Å². The number of fused-ring (bicyclic) bond motifs is 10.